The number of nitrogens with one attached hydrogen (secondary N) is 1. The van der Waals surface area contributed by atoms with Crippen LogP contribution in [0, 0.1) is 0 Å². The Hall–Kier alpha value is -2.82. The smallest absolute Gasteiger partial charge is 0.354 e. The van der Waals surface area contributed by atoms with Crippen LogP contribution in [0.1, 0.15) is 13.8 Å². The standard InChI is InChI=1S/C17H18N2O3/c1-3-21-17(20)13(2)18-19-14-9-11-16(12-10-14)22-15-7-5-4-6-8-15/h4-12,19H,3H2,1-2H3. The summed E-state index contributed by atoms with van der Waals surface area (Å²) in [7, 11) is 0. The van der Waals surface area contributed by atoms with Crippen molar-refractivity contribution in [2.45, 2.75) is 13.8 Å². The molecule has 22 heavy (non-hydrogen) atoms. The van der Waals surface area contributed by atoms with Gasteiger partial charge in [-0.1, -0.05) is 18.2 Å². The number of rotatable bonds is 6. The lowest BCUT2D eigenvalue weighted by atomic mass is 10.3. The van der Waals surface area contributed by atoms with Crippen molar-refractivity contribution in [1.82, 2.24) is 0 Å². The van der Waals surface area contributed by atoms with Crippen molar-refractivity contribution in [3.8, 4) is 11.5 Å². The van der Waals surface area contributed by atoms with Crippen molar-refractivity contribution in [3.05, 3.63) is 54.6 Å². The first-order valence-electron chi connectivity index (χ1n) is 6.99. The number of hydrogen-bond acceptors (Lipinski definition) is 5. The fourth-order valence-corrected chi connectivity index (χ4v) is 1.65. The third kappa shape index (κ3) is 4.63. The van der Waals surface area contributed by atoms with Crippen molar-refractivity contribution >= 4 is 17.4 Å². The third-order valence-electron chi connectivity index (χ3n) is 2.76. The van der Waals surface area contributed by atoms with Gasteiger partial charge in [-0.2, -0.15) is 5.10 Å². The molecule has 1 N–H and O–H groups in total. The maximum absolute atomic E-state index is 11.4. The number of nitrogens with zero attached hydrogens (tertiary/aromatic N) is 1. The van der Waals surface area contributed by atoms with Crippen LogP contribution >= 0.6 is 0 Å². The van der Waals surface area contributed by atoms with E-state index in [1.165, 1.54) is 0 Å². The molecule has 0 atom stereocenters. The lowest BCUT2D eigenvalue weighted by Crippen LogP contribution is -2.15. The quantitative estimate of drug-likeness (QED) is 0.500. The molecule has 114 valence electrons. The van der Waals surface area contributed by atoms with Gasteiger partial charge in [0, 0.05) is 0 Å². The molecule has 0 heterocycles. The Morgan fingerprint density at radius 2 is 1.68 bits per heavy atom. The summed E-state index contributed by atoms with van der Waals surface area (Å²) in [4.78, 5) is 11.4. The van der Waals surface area contributed by atoms with Gasteiger partial charge in [-0.05, 0) is 50.2 Å². The van der Waals surface area contributed by atoms with Crippen LogP contribution < -0.4 is 10.2 Å². The third-order valence-corrected chi connectivity index (χ3v) is 2.76. The summed E-state index contributed by atoms with van der Waals surface area (Å²) < 4.78 is 10.5. The molecule has 2 aromatic carbocycles. The van der Waals surface area contributed by atoms with Crippen molar-refractivity contribution in [1.29, 1.82) is 0 Å². The normalized spacial score (nSPS) is 10.9. The number of esters is 1. The molecule has 0 unspecified atom stereocenters. The van der Waals surface area contributed by atoms with Crippen LogP contribution in [0.4, 0.5) is 5.69 Å². The average Bonchev–Trinajstić information content (AvgIpc) is 2.55. The molecule has 0 amide bonds. The molecule has 0 aliphatic carbocycles. The molecule has 2 rings (SSSR count). The molecule has 5 heteroatoms. The van der Waals surface area contributed by atoms with E-state index < -0.39 is 5.97 Å². The average molecular weight is 298 g/mol. The van der Waals surface area contributed by atoms with Crippen molar-refractivity contribution in [2.24, 2.45) is 5.10 Å². The monoisotopic (exact) mass is 298 g/mol. The van der Waals surface area contributed by atoms with E-state index in [0.717, 1.165) is 17.2 Å². The molecule has 0 fully saturated rings. The lowest BCUT2D eigenvalue weighted by Gasteiger charge is -2.07. The molecular weight excluding hydrogens is 280 g/mol. The van der Waals surface area contributed by atoms with Crippen LogP contribution in [0.5, 0.6) is 11.5 Å². The summed E-state index contributed by atoms with van der Waals surface area (Å²) in [5.74, 6) is 1.07. The van der Waals surface area contributed by atoms with Gasteiger partial charge in [-0.3, -0.25) is 5.43 Å². The lowest BCUT2D eigenvalue weighted by molar-refractivity contribution is -0.135. The number of benzene rings is 2. The second-order valence-electron chi connectivity index (χ2n) is 4.47. The van der Waals surface area contributed by atoms with Crippen LogP contribution in [-0.2, 0) is 9.53 Å². The molecule has 5 nitrogen and oxygen atoms in total. The van der Waals surface area contributed by atoms with Gasteiger partial charge in [0.25, 0.3) is 0 Å². The summed E-state index contributed by atoms with van der Waals surface area (Å²) in [5, 5.41) is 3.98. The zero-order chi connectivity index (χ0) is 15.8. The Morgan fingerprint density at radius 1 is 1.05 bits per heavy atom. The van der Waals surface area contributed by atoms with E-state index in [2.05, 4.69) is 10.5 Å². The van der Waals surface area contributed by atoms with E-state index in [0.29, 0.717) is 6.61 Å². The predicted molar refractivity (Wildman–Crippen MR) is 86.3 cm³/mol. The minimum absolute atomic E-state index is 0.270. The number of para-hydroxylation sites is 1. The Balaban J connectivity index is 1.94. The van der Waals surface area contributed by atoms with Crippen molar-refractivity contribution in [3.63, 3.8) is 0 Å². The van der Waals surface area contributed by atoms with Crippen LogP contribution in [0.15, 0.2) is 59.7 Å². The Labute approximate surface area is 129 Å². The number of ether oxygens (including phenoxy) is 2. The molecule has 0 aliphatic rings. The largest absolute Gasteiger partial charge is 0.461 e. The number of hydrazone groups is 1. The highest BCUT2D eigenvalue weighted by molar-refractivity contribution is 6.35. The maximum Gasteiger partial charge on any atom is 0.354 e. The second kappa shape index (κ2) is 7.83. The van der Waals surface area contributed by atoms with Gasteiger partial charge in [0.05, 0.1) is 12.3 Å². The SMILES string of the molecule is CCOC(=O)C(C)=NNc1ccc(Oc2ccccc2)cc1. The molecule has 0 aromatic heterocycles. The molecule has 0 spiro atoms. The van der Waals surface area contributed by atoms with Gasteiger partial charge >= 0.3 is 5.97 Å². The summed E-state index contributed by atoms with van der Waals surface area (Å²) in [6.07, 6.45) is 0. The second-order valence-corrected chi connectivity index (χ2v) is 4.47. The molecule has 2 aromatic rings. The first kappa shape index (κ1) is 15.6. The van der Waals surface area contributed by atoms with Gasteiger partial charge < -0.3 is 9.47 Å². The molecule has 0 saturated heterocycles. The van der Waals surface area contributed by atoms with Crippen molar-refractivity contribution < 1.29 is 14.3 Å². The summed E-state index contributed by atoms with van der Waals surface area (Å²) >= 11 is 0. The summed E-state index contributed by atoms with van der Waals surface area (Å²) in [5.41, 5.74) is 3.83. The zero-order valence-corrected chi connectivity index (χ0v) is 12.6. The van der Waals surface area contributed by atoms with E-state index in [1.54, 1.807) is 13.8 Å². The zero-order valence-electron chi connectivity index (χ0n) is 12.6. The highest BCUT2D eigenvalue weighted by atomic mass is 16.5. The topological polar surface area (TPSA) is 59.9 Å². The number of hydrogen-bond donors (Lipinski definition) is 1. The van der Waals surface area contributed by atoms with Gasteiger partial charge in [-0.25, -0.2) is 4.79 Å². The predicted octanol–water partition coefficient (Wildman–Crippen LogP) is 3.83. The Morgan fingerprint density at radius 3 is 2.32 bits per heavy atom. The first-order chi connectivity index (χ1) is 10.7. The molecule has 0 bridgehead atoms. The van der Waals surface area contributed by atoms with E-state index in [4.69, 9.17) is 9.47 Å². The number of anilines is 1. The van der Waals surface area contributed by atoms with E-state index in [9.17, 15) is 4.79 Å². The Bertz CT molecular complexity index is 637. The highest BCUT2D eigenvalue weighted by Crippen LogP contribution is 2.22. The fourth-order valence-electron chi connectivity index (χ4n) is 1.65. The minimum Gasteiger partial charge on any atom is -0.461 e. The van der Waals surface area contributed by atoms with Gasteiger partial charge in [0.15, 0.2) is 0 Å². The minimum atomic E-state index is -0.431. The van der Waals surface area contributed by atoms with Crippen LogP contribution in [-0.4, -0.2) is 18.3 Å². The van der Waals surface area contributed by atoms with Crippen LogP contribution in [0.3, 0.4) is 0 Å². The number of carbonyl (C=O) groups excluding carboxylic acids is 1. The Kier molecular flexibility index (Phi) is 5.54. The van der Waals surface area contributed by atoms with Crippen LogP contribution in [0.25, 0.3) is 0 Å². The van der Waals surface area contributed by atoms with Crippen molar-refractivity contribution in [2.75, 3.05) is 12.0 Å². The van der Waals surface area contributed by atoms with E-state index in [1.807, 2.05) is 54.6 Å². The molecule has 0 radical (unpaired) electrons. The van der Waals surface area contributed by atoms with Gasteiger partial charge in [0.2, 0.25) is 0 Å². The van der Waals surface area contributed by atoms with E-state index in [-0.39, 0.29) is 5.71 Å². The number of carbonyl (C=O) groups is 1. The maximum atomic E-state index is 11.4. The molecule has 0 saturated carbocycles. The van der Waals surface area contributed by atoms with Crippen LogP contribution in [0.2, 0.25) is 0 Å². The highest BCUT2D eigenvalue weighted by Gasteiger charge is 2.05. The van der Waals surface area contributed by atoms with Gasteiger partial charge in [-0.15, -0.1) is 0 Å². The summed E-state index contributed by atoms with van der Waals surface area (Å²) in [6.45, 7) is 3.68. The van der Waals surface area contributed by atoms with E-state index >= 15 is 0 Å². The molecular formula is C17H18N2O3. The molecule has 0 aliphatic heterocycles. The first-order valence-corrected chi connectivity index (χ1v) is 6.99. The van der Waals surface area contributed by atoms with Gasteiger partial charge in [0.1, 0.15) is 17.2 Å². The summed E-state index contributed by atoms with van der Waals surface area (Å²) in [6, 6.07) is 16.8. The fraction of sp³-hybridized carbons (Fsp3) is 0.176.